The number of phenolic OH excluding ortho intramolecular Hbond substituents is 1. The number of benzene rings is 2. The maximum Gasteiger partial charge on any atom is 0.416 e. The summed E-state index contributed by atoms with van der Waals surface area (Å²) in [5, 5.41) is 42.1. The van der Waals surface area contributed by atoms with E-state index < -0.39 is 78.1 Å². The first-order valence-electron chi connectivity index (χ1n) is 14.8. The molecule has 4 atom stereocenters. The van der Waals surface area contributed by atoms with Crippen LogP contribution >= 0.6 is 0 Å². The van der Waals surface area contributed by atoms with Gasteiger partial charge in [0.2, 0.25) is 11.8 Å². The van der Waals surface area contributed by atoms with Gasteiger partial charge in [0.05, 0.1) is 53.7 Å². The van der Waals surface area contributed by atoms with Crippen molar-refractivity contribution < 1.29 is 56.4 Å². The lowest BCUT2D eigenvalue weighted by Crippen LogP contribution is -2.39. The molecule has 48 heavy (non-hydrogen) atoms. The molecule has 2 aliphatic rings. The van der Waals surface area contributed by atoms with Gasteiger partial charge in [-0.1, -0.05) is 18.2 Å². The molecule has 8 nitrogen and oxygen atoms in total. The smallest absolute Gasteiger partial charge is 0.416 e. The zero-order valence-corrected chi connectivity index (χ0v) is 25.0. The zero-order valence-electron chi connectivity index (χ0n) is 25.0. The van der Waals surface area contributed by atoms with Gasteiger partial charge in [-0.05, 0) is 90.1 Å². The number of alkyl halides is 6. The molecule has 1 aliphatic heterocycles. The van der Waals surface area contributed by atoms with Gasteiger partial charge in [-0.25, -0.2) is 4.90 Å². The Balaban J connectivity index is 1.47. The van der Waals surface area contributed by atoms with Gasteiger partial charge in [-0.2, -0.15) is 26.3 Å². The molecule has 4 N–H and O–H groups in total. The first-order valence-corrected chi connectivity index (χ1v) is 14.8. The minimum absolute atomic E-state index is 0.0223. The number of pyridine rings is 1. The molecule has 3 aromatic rings. The molecule has 1 fully saturated rings. The summed E-state index contributed by atoms with van der Waals surface area (Å²) in [6.45, 7) is -1.51. The van der Waals surface area contributed by atoms with E-state index in [1.807, 2.05) is 0 Å². The number of rotatable bonds is 9. The van der Waals surface area contributed by atoms with Crippen molar-refractivity contribution in [3.05, 3.63) is 100 Å². The molecule has 5 rings (SSSR count). The van der Waals surface area contributed by atoms with Crippen LogP contribution in [0.5, 0.6) is 5.75 Å². The fraction of sp³-hybridized carbons (Fsp3) is 0.324. The third kappa shape index (κ3) is 7.00. The topological polar surface area (TPSA) is 131 Å². The highest BCUT2D eigenvalue weighted by atomic mass is 19.4. The van der Waals surface area contributed by atoms with Crippen LogP contribution in [0.25, 0.3) is 11.6 Å². The third-order valence-electron chi connectivity index (χ3n) is 8.65. The fourth-order valence-electron chi connectivity index (χ4n) is 6.52. The summed E-state index contributed by atoms with van der Waals surface area (Å²) >= 11 is 0. The number of phenols is 1. The van der Waals surface area contributed by atoms with Crippen molar-refractivity contribution >= 4 is 29.2 Å². The largest absolute Gasteiger partial charge is 0.508 e. The number of nitrogens with zero attached hydrogens (tertiary/aromatic N) is 2. The van der Waals surface area contributed by atoms with Crippen molar-refractivity contribution in [2.24, 2.45) is 17.8 Å². The molecule has 2 amide bonds. The van der Waals surface area contributed by atoms with Crippen molar-refractivity contribution in [2.75, 3.05) is 18.1 Å². The number of aliphatic hydroxyl groups excluding tert-OH is 3. The number of imide groups is 1. The van der Waals surface area contributed by atoms with Crippen molar-refractivity contribution in [3.63, 3.8) is 0 Å². The minimum Gasteiger partial charge on any atom is -0.508 e. The van der Waals surface area contributed by atoms with E-state index in [4.69, 9.17) is 0 Å². The van der Waals surface area contributed by atoms with Gasteiger partial charge in [0.15, 0.2) is 0 Å². The number of aromatic hydroxyl groups is 1. The molecule has 254 valence electrons. The zero-order chi connectivity index (χ0) is 35.0. The van der Waals surface area contributed by atoms with Crippen LogP contribution in [0, 0.1) is 17.8 Å². The average molecular weight is 677 g/mol. The minimum atomic E-state index is -5.23. The highest BCUT2D eigenvalue weighted by Crippen LogP contribution is 2.48. The Labute approximate surface area is 270 Å². The second-order valence-corrected chi connectivity index (χ2v) is 11.7. The van der Waals surface area contributed by atoms with Gasteiger partial charge in [0, 0.05) is 12.1 Å². The summed E-state index contributed by atoms with van der Waals surface area (Å²) in [7, 11) is 0. The number of aliphatic hydroxyl groups is 3. The Morgan fingerprint density at radius 2 is 1.62 bits per heavy atom. The van der Waals surface area contributed by atoms with Crippen LogP contribution in [0.3, 0.4) is 0 Å². The fourth-order valence-corrected chi connectivity index (χ4v) is 6.52. The van der Waals surface area contributed by atoms with Crippen molar-refractivity contribution in [3.8, 4) is 5.75 Å². The first kappa shape index (κ1) is 34.8. The molecule has 1 aliphatic carbocycles. The molecule has 0 saturated carbocycles. The van der Waals surface area contributed by atoms with Crippen LogP contribution in [0.4, 0.5) is 32.0 Å². The summed E-state index contributed by atoms with van der Waals surface area (Å²) < 4.78 is 81.4. The molecule has 2 heterocycles. The molecular weight excluding hydrogens is 646 g/mol. The van der Waals surface area contributed by atoms with Gasteiger partial charge in [0.1, 0.15) is 5.75 Å². The van der Waals surface area contributed by atoms with Gasteiger partial charge in [-0.3, -0.25) is 14.6 Å². The Hall–Kier alpha value is -4.53. The Morgan fingerprint density at radius 1 is 0.938 bits per heavy atom. The van der Waals surface area contributed by atoms with E-state index in [1.54, 1.807) is 42.6 Å². The summed E-state index contributed by atoms with van der Waals surface area (Å²) in [4.78, 5) is 31.8. The maximum absolute atomic E-state index is 13.7. The normalized spacial score (nSPS) is 21.1. The number of halogens is 6. The average Bonchev–Trinajstić information content (AvgIpc) is 3.29. The number of anilines is 1. The second-order valence-electron chi connectivity index (χ2n) is 11.7. The lowest BCUT2D eigenvalue weighted by molar-refractivity contribution is -0.143. The van der Waals surface area contributed by atoms with Crippen molar-refractivity contribution in [1.29, 1.82) is 0 Å². The Morgan fingerprint density at radius 3 is 2.19 bits per heavy atom. The van der Waals surface area contributed by atoms with Gasteiger partial charge in [0.25, 0.3) is 0 Å². The lowest BCUT2D eigenvalue weighted by atomic mass is 9.68. The quantitative estimate of drug-likeness (QED) is 0.132. The highest BCUT2D eigenvalue weighted by molar-refractivity contribution is 6.22. The second kappa shape index (κ2) is 13.5. The number of carbonyl (C=O) groups excluding carboxylic acids is 2. The van der Waals surface area contributed by atoms with Crippen LogP contribution in [-0.4, -0.2) is 56.5 Å². The lowest BCUT2D eigenvalue weighted by Gasteiger charge is -2.36. The number of carbonyl (C=O) groups is 2. The molecule has 1 aromatic heterocycles. The highest BCUT2D eigenvalue weighted by Gasteiger charge is 2.55. The molecule has 0 radical (unpaired) electrons. The van der Waals surface area contributed by atoms with Gasteiger partial charge in [-0.15, -0.1) is 0 Å². The molecule has 2 aromatic carbocycles. The number of hydrogen-bond acceptors (Lipinski definition) is 7. The number of aromatic nitrogens is 1. The van der Waals surface area contributed by atoms with E-state index >= 15 is 0 Å². The first-order chi connectivity index (χ1) is 22.6. The molecular formula is C34H30F6N2O6. The molecule has 1 saturated heterocycles. The van der Waals surface area contributed by atoms with E-state index in [2.05, 4.69) is 4.98 Å². The van der Waals surface area contributed by atoms with E-state index in [0.717, 1.165) is 0 Å². The van der Waals surface area contributed by atoms with Crippen LogP contribution in [0.15, 0.2) is 78.0 Å². The van der Waals surface area contributed by atoms with E-state index in [-0.39, 0.29) is 59.3 Å². The standard InChI is InChI=1S/C34H30F6N2O6/c35-33(36,37)21-13-22(34(38,39)40)15-23(14-21)42-31(47)25-12-20(16-43)29(26(17-44)30(25)32(42)48)28(46)8-7-19(27-6-1-2-9-41-27)10-18-4-3-5-24(45)11-18/h1-6,9-11,13-15,25-26,28,30,43-46H,7-8,12,16-17H2/b19-10-/t25-,26+,28-,30-/m1/s1. The molecule has 0 unspecified atom stereocenters. The van der Waals surface area contributed by atoms with Crippen LogP contribution in [-0.2, 0) is 21.9 Å². The third-order valence-corrected chi connectivity index (χ3v) is 8.65. The predicted octanol–water partition coefficient (Wildman–Crippen LogP) is 5.61. The van der Waals surface area contributed by atoms with E-state index in [0.29, 0.717) is 16.8 Å². The Kier molecular flexibility index (Phi) is 9.81. The molecule has 0 bridgehead atoms. The van der Waals surface area contributed by atoms with Crippen LogP contribution in [0.1, 0.15) is 41.6 Å². The summed E-state index contributed by atoms with van der Waals surface area (Å²) in [6, 6.07) is 12.0. The molecule has 0 spiro atoms. The maximum atomic E-state index is 13.7. The van der Waals surface area contributed by atoms with Gasteiger partial charge >= 0.3 is 12.4 Å². The summed E-state index contributed by atoms with van der Waals surface area (Å²) in [5.74, 6) is -6.20. The van der Waals surface area contributed by atoms with Crippen molar-refractivity contribution in [2.45, 2.75) is 37.7 Å². The monoisotopic (exact) mass is 676 g/mol. The SMILES string of the molecule is O=C1[C@@H]2[C@@H](CC(CO)=C([C@H](O)CC/C(=C/c3cccc(O)c3)c3ccccn3)[C@@H]2CO)C(=O)N1c1cc(C(F)(F)F)cc(C(F)(F)F)c1. The Bertz CT molecular complexity index is 1720. The molecule has 14 heteroatoms. The number of allylic oxidation sites excluding steroid dienone is 1. The van der Waals surface area contributed by atoms with Crippen molar-refractivity contribution in [1.82, 2.24) is 4.98 Å². The van der Waals surface area contributed by atoms with Crippen LogP contribution < -0.4 is 4.90 Å². The van der Waals surface area contributed by atoms with Crippen LogP contribution in [0.2, 0.25) is 0 Å². The van der Waals surface area contributed by atoms with E-state index in [1.165, 1.54) is 12.1 Å². The number of amides is 2. The predicted molar refractivity (Wildman–Crippen MR) is 161 cm³/mol. The number of fused-ring (bicyclic) bond motifs is 1. The summed E-state index contributed by atoms with van der Waals surface area (Å²) in [6.07, 6.45) is -8.70. The van der Waals surface area contributed by atoms with Gasteiger partial charge < -0.3 is 20.4 Å². The number of hydrogen-bond donors (Lipinski definition) is 4. The van der Waals surface area contributed by atoms with E-state index in [9.17, 15) is 56.4 Å². The summed E-state index contributed by atoms with van der Waals surface area (Å²) in [5.41, 5.74) is -2.33.